The Hall–Kier alpha value is -0.460. The van der Waals surface area contributed by atoms with Gasteiger partial charge in [-0.2, -0.15) is 11.8 Å². The summed E-state index contributed by atoms with van der Waals surface area (Å²) in [5, 5.41) is 17.2. The first-order valence-corrected chi connectivity index (χ1v) is 10.3. The number of aliphatic imine (C=N–C) groups is 1. The van der Waals surface area contributed by atoms with Gasteiger partial charge in [0.25, 0.3) is 0 Å². The van der Waals surface area contributed by atoms with Crippen LogP contribution in [0.15, 0.2) is 4.99 Å². The Morgan fingerprint density at radius 2 is 2.09 bits per heavy atom. The molecule has 5 nitrogen and oxygen atoms in total. The third-order valence-electron chi connectivity index (χ3n) is 4.35. The molecule has 0 aromatic heterocycles. The second-order valence-electron chi connectivity index (χ2n) is 6.44. The fraction of sp³-hybridized carbons (Fsp3) is 0.941. The van der Waals surface area contributed by atoms with E-state index in [1.807, 2.05) is 11.8 Å². The van der Waals surface area contributed by atoms with E-state index in [0.717, 1.165) is 56.5 Å². The molecule has 0 amide bonds. The number of nitrogens with zero attached hydrogens (tertiary/aromatic N) is 2. The van der Waals surface area contributed by atoms with E-state index in [1.165, 1.54) is 6.42 Å². The minimum Gasteiger partial charge on any atom is -0.387 e. The minimum absolute atomic E-state index is 0.385. The van der Waals surface area contributed by atoms with Crippen LogP contribution in [0.3, 0.4) is 0 Å². The van der Waals surface area contributed by atoms with E-state index in [-0.39, 0.29) is 0 Å². The van der Waals surface area contributed by atoms with Crippen molar-refractivity contribution in [2.75, 3.05) is 44.2 Å². The molecule has 1 aliphatic heterocycles. The highest BCUT2D eigenvalue weighted by Gasteiger charge is 2.31. The van der Waals surface area contributed by atoms with Crippen LogP contribution in [0.25, 0.3) is 0 Å². The van der Waals surface area contributed by atoms with Crippen LogP contribution in [0.5, 0.6) is 0 Å². The zero-order valence-electron chi connectivity index (χ0n) is 15.4. The lowest BCUT2D eigenvalue weighted by Gasteiger charge is -2.23. The quantitative estimate of drug-likeness (QED) is 0.417. The average Bonchev–Trinajstić information content (AvgIpc) is 2.97. The van der Waals surface area contributed by atoms with Crippen LogP contribution in [0.4, 0.5) is 0 Å². The molecule has 1 aliphatic rings. The maximum absolute atomic E-state index is 10.4. The Kier molecular flexibility index (Phi) is 9.99. The van der Waals surface area contributed by atoms with E-state index in [4.69, 9.17) is 0 Å². The Morgan fingerprint density at radius 3 is 2.65 bits per heavy atom. The van der Waals surface area contributed by atoms with Gasteiger partial charge in [-0.05, 0) is 58.5 Å². The number of hydrogen-bond donors (Lipinski definition) is 3. The molecule has 2 atom stereocenters. The lowest BCUT2D eigenvalue weighted by atomic mass is 10.0. The molecule has 6 heteroatoms. The summed E-state index contributed by atoms with van der Waals surface area (Å²) in [6.07, 6.45) is 3.16. The highest BCUT2D eigenvalue weighted by atomic mass is 32.2. The third kappa shape index (κ3) is 8.27. The first-order chi connectivity index (χ1) is 11.0. The maximum Gasteiger partial charge on any atom is 0.191 e. The number of nitrogens with one attached hydrogen (secondary N) is 2. The molecule has 23 heavy (non-hydrogen) atoms. The number of guanidine groups is 1. The van der Waals surface area contributed by atoms with Crippen molar-refractivity contribution < 1.29 is 5.11 Å². The highest BCUT2D eigenvalue weighted by Crippen LogP contribution is 2.27. The lowest BCUT2D eigenvalue weighted by molar-refractivity contribution is 0.0778. The first-order valence-electron chi connectivity index (χ1n) is 9.10. The van der Waals surface area contributed by atoms with Crippen molar-refractivity contribution >= 4 is 17.7 Å². The van der Waals surface area contributed by atoms with Crippen LogP contribution in [-0.2, 0) is 0 Å². The number of hydrogen-bond acceptors (Lipinski definition) is 4. The van der Waals surface area contributed by atoms with Crippen molar-refractivity contribution in [2.45, 2.75) is 58.6 Å². The van der Waals surface area contributed by atoms with Crippen LogP contribution in [0, 0.1) is 0 Å². The first kappa shape index (κ1) is 20.6. The van der Waals surface area contributed by atoms with Gasteiger partial charge in [-0.1, -0.05) is 13.8 Å². The van der Waals surface area contributed by atoms with Gasteiger partial charge in [0.15, 0.2) is 5.96 Å². The van der Waals surface area contributed by atoms with Gasteiger partial charge in [0.1, 0.15) is 0 Å². The Balaban J connectivity index is 2.38. The standard InChI is InChI=1S/C17H36N4OS/c1-5-18-16(19-13-17(22)10-12-23-14-17)20-15(4)9-8-11-21(6-2)7-3/h15,22H,5-14H2,1-4H3,(H2,18,19,20). The summed E-state index contributed by atoms with van der Waals surface area (Å²) < 4.78 is 0. The van der Waals surface area contributed by atoms with Crippen LogP contribution < -0.4 is 10.6 Å². The van der Waals surface area contributed by atoms with Crippen molar-refractivity contribution in [2.24, 2.45) is 4.99 Å². The van der Waals surface area contributed by atoms with Gasteiger partial charge in [-0.15, -0.1) is 0 Å². The number of thioether (sulfide) groups is 1. The van der Waals surface area contributed by atoms with Crippen LogP contribution in [0.2, 0.25) is 0 Å². The largest absolute Gasteiger partial charge is 0.387 e. The van der Waals surface area contributed by atoms with Gasteiger partial charge in [-0.3, -0.25) is 4.99 Å². The zero-order chi connectivity index (χ0) is 17.1. The molecule has 2 unspecified atom stereocenters. The summed E-state index contributed by atoms with van der Waals surface area (Å²) in [7, 11) is 0. The summed E-state index contributed by atoms with van der Waals surface area (Å²) >= 11 is 1.81. The van der Waals surface area contributed by atoms with E-state index < -0.39 is 5.60 Å². The highest BCUT2D eigenvalue weighted by molar-refractivity contribution is 7.99. The fourth-order valence-corrected chi connectivity index (χ4v) is 4.02. The van der Waals surface area contributed by atoms with Gasteiger partial charge in [-0.25, -0.2) is 0 Å². The minimum atomic E-state index is -0.612. The number of rotatable bonds is 10. The second-order valence-corrected chi connectivity index (χ2v) is 7.54. The molecule has 0 spiro atoms. The van der Waals surface area contributed by atoms with E-state index >= 15 is 0 Å². The average molecular weight is 345 g/mol. The van der Waals surface area contributed by atoms with Gasteiger partial charge in [0.05, 0.1) is 12.1 Å². The Bertz CT molecular complexity index is 341. The molecule has 1 heterocycles. The summed E-state index contributed by atoms with van der Waals surface area (Å²) in [5.74, 6) is 2.67. The molecular formula is C17H36N4OS. The molecule has 1 rings (SSSR count). The van der Waals surface area contributed by atoms with E-state index in [9.17, 15) is 5.11 Å². The molecule has 1 saturated heterocycles. The van der Waals surface area contributed by atoms with Crippen molar-refractivity contribution in [3.8, 4) is 0 Å². The van der Waals surface area contributed by atoms with Crippen LogP contribution >= 0.6 is 11.8 Å². The maximum atomic E-state index is 10.4. The predicted molar refractivity (Wildman–Crippen MR) is 102 cm³/mol. The van der Waals surface area contributed by atoms with Crippen molar-refractivity contribution in [3.05, 3.63) is 0 Å². The van der Waals surface area contributed by atoms with Gasteiger partial charge >= 0.3 is 0 Å². The molecule has 3 N–H and O–H groups in total. The second kappa shape index (κ2) is 11.2. The van der Waals surface area contributed by atoms with Gasteiger partial charge in [0.2, 0.25) is 0 Å². The molecule has 0 aromatic carbocycles. The smallest absolute Gasteiger partial charge is 0.191 e. The normalized spacial score (nSPS) is 23.3. The van der Waals surface area contributed by atoms with E-state index in [1.54, 1.807) is 0 Å². The molecule has 0 saturated carbocycles. The Labute approximate surface area is 146 Å². The Morgan fingerprint density at radius 1 is 1.35 bits per heavy atom. The van der Waals surface area contributed by atoms with Crippen LogP contribution in [-0.4, -0.2) is 71.8 Å². The van der Waals surface area contributed by atoms with Crippen LogP contribution in [0.1, 0.15) is 47.0 Å². The molecule has 0 bridgehead atoms. The summed E-state index contributed by atoms with van der Waals surface area (Å²) in [6.45, 7) is 13.4. The van der Waals surface area contributed by atoms with E-state index in [2.05, 4.69) is 48.2 Å². The fourth-order valence-electron chi connectivity index (χ4n) is 2.73. The number of aliphatic hydroxyl groups is 1. The molecule has 0 radical (unpaired) electrons. The molecule has 1 fully saturated rings. The van der Waals surface area contributed by atoms with Crippen molar-refractivity contribution in [1.82, 2.24) is 15.5 Å². The summed E-state index contributed by atoms with van der Waals surface area (Å²) in [5.41, 5.74) is -0.612. The van der Waals surface area contributed by atoms with Crippen molar-refractivity contribution in [1.29, 1.82) is 0 Å². The SMILES string of the molecule is CCNC(=NCC1(O)CCSC1)NC(C)CCCN(CC)CC. The third-order valence-corrected chi connectivity index (χ3v) is 5.58. The van der Waals surface area contributed by atoms with Gasteiger partial charge < -0.3 is 20.6 Å². The summed E-state index contributed by atoms with van der Waals surface area (Å²) in [6, 6.07) is 0.385. The molecule has 136 valence electrons. The lowest BCUT2D eigenvalue weighted by Crippen LogP contribution is -2.44. The molecular weight excluding hydrogens is 308 g/mol. The predicted octanol–water partition coefficient (Wildman–Crippen LogP) is 1.92. The molecule has 0 aliphatic carbocycles. The molecule has 0 aromatic rings. The van der Waals surface area contributed by atoms with Crippen molar-refractivity contribution in [3.63, 3.8) is 0 Å². The van der Waals surface area contributed by atoms with E-state index in [0.29, 0.717) is 12.6 Å². The monoisotopic (exact) mass is 344 g/mol. The van der Waals surface area contributed by atoms with Gasteiger partial charge in [0, 0.05) is 18.3 Å². The summed E-state index contributed by atoms with van der Waals surface area (Å²) in [4.78, 5) is 7.06. The topological polar surface area (TPSA) is 59.9 Å². The zero-order valence-corrected chi connectivity index (χ0v) is 16.2.